The number of esters is 1. The molecule has 6 nitrogen and oxygen atoms in total. The highest BCUT2D eigenvalue weighted by atomic mass is 16.5. The van der Waals surface area contributed by atoms with Crippen molar-refractivity contribution >= 4 is 18.0 Å². The second-order valence-electron chi connectivity index (χ2n) is 6.63. The number of amides is 1. The van der Waals surface area contributed by atoms with Crippen LogP contribution in [0.4, 0.5) is 0 Å². The Morgan fingerprint density at radius 2 is 1.93 bits per heavy atom. The van der Waals surface area contributed by atoms with Gasteiger partial charge in [0, 0.05) is 32.9 Å². The van der Waals surface area contributed by atoms with Gasteiger partial charge in [-0.2, -0.15) is 0 Å². The van der Waals surface area contributed by atoms with Crippen LogP contribution in [-0.4, -0.2) is 56.8 Å². The molecule has 150 valence electrons. The Hall–Kier alpha value is -2.34. The fourth-order valence-corrected chi connectivity index (χ4v) is 2.53. The van der Waals surface area contributed by atoms with E-state index in [4.69, 9.17) is 14.2 Å². The minimum absolute atomic E-state index is 0.0851. The van der Waals surface area contributed by atoms with Crippen molar-refractivity contribution in [2.45, 2.75) is 33.3 Å². The maximum absolute atomic E-state index is 12.6. The van der Waals surface area contributed by atoms with Crippen molar-refractivity contribution < 1.29 is 23.8 Å². The molecule has 0 spiro atoms. The molecule has 1 aromatic carbocycles. The van der Waals surface area contributed by atoms with E-state index in [0.717, 1.165) is 11.3 Å². The number of nitrogens with zero attached hydrogens (tertiary/aromatic N) is 1. The number of carbonyl (C=O) groups excluding carboxylic acids is 2. The zero-order chi connectivity index (χ0) is 20.2. The second-order valence-corrected chi connectivity index (χ2v) is 6.63. The number of carbonyl (C=O) groups is 2. The van der Waals surface area contributed by atoms with Gasteiger partial charge in [0.25, 0.3) is 0 Å². The van der Waals surface area contributed by atoms with E-state index < -0.39 is 5.92 Å². The molecule has 0 radical (unpaired) electrons. The molecule has 1 aromatic rings. The lowest BCUT2D eigenvalue weighted by Crippen LogP contribution is -2.37. The van der Waals surface area contributed by atoms with Gasteiger partial charge in [0.05, 0.1) is 19.1 Å². The van der Waals surface area contributed by atoms with E-state index in [1.54, 1.807) is 25.0 Å². The first-order valence-electron chi connectivity index (χ1n) is 9.17. The molecule has 1 atom stereocenters. The van der Waals surface area contributed by atoms with Crippen LogP contribution in [0.5, 0.6) is 5.75 Å². The van der Waals surface area contributed by atoms with Crippen LogP contribution in [0.15, 0.2) is 30.3 Å². The average Bonchev–Trinajstić information content (AvgIpc) is 2.64. The summed E-state index contributed by atoms with van der Waals surface area (Å²) < 4.78 is 15.5. The van der Waals surface area contributed by atoms with Crippen LogP contribution in [0.25, 0.3) is 6.08 Å². The molecule has 0 N–H and O–H groups in total. The lowest BCUT2D eigenvalue weighted by molar-refractivity contribution is -0.146. The molecule has 1 rings (SSSR count). The van der Waals surface area contributed by atoms with Gasteiger partial charge in [0.1, 0.15) is 5.75 Å². The Morgan fingerprint density at radius 1 is 1.19 bits per heavy atom. The highest BCUT2D eigenvalue weighted by Gasteiger charge is 2.20. The van der Waals surface area contributed by atoms with E-state index in [2.05, 4.69) is 0 Å². The fraction of sp³-hybridized carbons (Fsp3) is 0.524. The smallest absolute Gasteiger partial charge is 0.310 e. The number of rotatable bonds is 11. The van der Waals surface area contributed by atoms with Crippen LogP contribution < -0.4 is 4.74 Å². The zero-order valence-corrected chi connectivity index (χ0v) is 16.9. The predicted molar refractivity (Wildman–Crippen MR) is 105 cm³/mol. The predicted octanol–water partition coefficient (Wildman–Crippen LogP) is 3.16. The SMILES string of the molecule is COCCCN(CC(C)C(=O)OC)C(=O)/C=C/c1cccc(OC(C)C)c1. The van der Waals surface area contributed by atoms with Gasteiger partial charge in [0.2, 0.25) is 5.91 Å². The number of hydrogen-bond acceptors (Lipinski definition) is 5. The first kappa shape index (κ1) is 22.7. The van der Waals surface area contributed by atoms with Crippen LogP contribution in [0.1, 0.15) is 32.8 Å². The van der Waals surface area contributed by atoms with Crippen molar-refractivity contribution in [3.63, 3.8) is 0 Å². The van der Waals surface area contributed by atoms with Gasteiger partial charge < -0.3 is 19.1 Å². The summed E-state index contributed by atoms with van der Waals surface area (Å²) in [6, 6.07) is 7.56. The zero-order valence-electron chi connectivity index (χ0n) is 16.9. The van der Waals surface area contributed by atoms with Crippen molar-refractivity contribution in [2.24, 2.45) is 5.92 Å². The molecular formula is C21H31NO5. The highest BCUT2D eigenvalue weighted by molar-refractivity contribution is 5.92. The second kappa shape index (κ2) is 12.1. The Kier molecular flexibility index (Phi) is 10.2. The Morgan fingerprint density at radius 3 is 2.56 bits per heavy atom. The van der Waals surface area contributed by atoms with Crippen molar-refractivity contribution in [1.82, 2.24) is 4.90 Å². The molecule has 0 aliphatic rings. The van der Waals surface area contributed by atoms with Crippen molar-refractivity contribution in [2.75, 3.05) is 33.9 Å². The maximum Gasteiger partial charge on any atom is 0.310 e. The molecule has 6 heteroatoms. The largest absolute Gasteiger partial charge is 0.491 e. The molecule has 0 saturated heterocycles. The van der Waals surface area contributed by atoms with Crippen LogP contribution in [0, 0.1) is 5.92 Å². The number of ether oxygens (including phenoxy) is 3. The first-order chi connectivity index (χ1) is 12.9. The van der Waals surface area contributed by atoms with Crippen molar-refractivity contribution in [1.29, 1.82) is 0 Å². The molecule has 1 amide bonds. The molecule has 0 aliphatic carbocycles. The molecule has 0 aliphatic heterocycles. The summed E-state index contributed by atoms with van der Waals surface area (Å²) in [7, 11) is 2.97. The molecule has 0 bridgehead atoms. The van der Waals surface area contributed by atoms with E-state index in [1.165, 1.54) is 13.2 Å². The summed E-state index contributed by atoms with van der Waals surface area (Å²) in [6.07, 6.45) is 4.05. The fourth-order valence-electron chi connectivity index (χ4n) is 2.53. The van der Waals surface area contributed by atoms with Gasteiger partial charge >= 0.3 is 5.97 Å². The third-order valence-corrected chi connectivity index (χ3v) is 3.83. The minimum atomic E-state index is -0.391. The van der Waals surface area contributed by atoms with Gasteiger partial charge in [-0.1, -0.05) is 19.1 Å². The van der Waals surface area contributed by atoms with E-state index >= 15 is 0 Å². The summed E-state index contributed by atoms with van der Waals surface area (Å²) in [5.41, 5.74) is 0.874. The summed E-state index contributed by atoms with van der Waals surface area (Å²) in [4.78, 5) is 26.0. The lowest BCUT2D eigenvalue weighted by atomic mass is 10.1. The minimum Gasteiger partial charge on any atom is -0.491 e. The lowest BCUT2D eigenvalue weighted by Gasteiger charge is -2.23. The molecule has 27 heavy (non-hydrogen) atoms. The summed E-state index contributed by atoms with van der Waals surface area (Å²) in [5.74, 6) is -0.118. The molecular weight excluding hydrogens is 346 g/mol. The first-order valence-corrected chi connectivity index (χ1v) is 9.17. The van der Waals surface area contributed by atoms with Gasteiger partial charge in [-0.25, -0.2) is 0 Å². The van der Waals surface area contributed by atoms with Crippen LogP contribution in [-0.2, 0) is 19.1 Å². The van der Waals surface area contributed by atoms with Gasteiger partial charge in [-0.05, 0) is 44.0 Å². The van der Waals surface area contributed by atoms with E-state index in [0.29, 0.717) is 26.1 Å². The average molecular weight is 377 g/mol. The van der Waals surface area contributed by atoms with E-state index in [9.17, 15) is 9.59 Å². The van der Waals surface area contributed by atoms with Crippen molar-refractivity contribution in [3.05, 3.63) is 35.9 Å². The summed E-state index contributed by atoms with van der Waals surface area (Å²) in [6.45, 7) is 7.04. The normalized spacial score (nSPS) is 12.2. The maximum atomic E-state index is 12.6. The van der Waals surface area contributed by atoms with Gasteiger partial charge in [0.15, 0.2) is 0 Å². The number of hydrogen-bond donors (Lipinski definition) is 0. The highest BCUT2D eigenvalue weighted by Crippen LogP contribution is 2.16. The Balaban J connectivity index is 2.81. The Bertz CT molecular complexity index is 627. The molecule has 0 heterocycles. The molecule has 0 fully saturated rings. The van der Waals surface area contributed by atoms with Crippen LogP contribution in [0.2, 0.25) is 0 Å². The number of methoxy groups -OCH3 is 2. The van der Waals surface area contributed by atoms with Crippen LogP contribution in [0.3, 0.4) is 0 Å². The summed E-state index contributed by atoms with van der Waals surface area (Å²) in [5, 5.41) is 0. The number of benzene rings is 1. The third kappa shape index (κ3) is 8.73. The Labute approximate surface area is 162 Å². The standard InChI is InChI=1S/C21H31NO5/c1-16(2)27-19-9-6-8-18(14-19)10-11-20(23)22(12-7-13-25-4)15-17(3)21(24)26-5/h6,8-11,14,16-17H,7,12-13,15H2,1-5H3/b11-10+. The van der Waals surface area contributed by atoms with E-state index in [-0.39, 0.29) is 18.0 Å². The monoisotopic (exact) mass is 377 g/mol. The molecule has 0 aromatic heterocycles. The van der Waals surface area contributed by atoms with E-state index in [1.807, 2.05) is 38.1 Å². The molecule has 1 unspecified atom stereocenters. The third-order valence-electron chi connectivity index (χ3n) is 3.83. The summed E-state index contributed by atoms with van der Waals surface area (Å²) >= 11 is 0. The topological polar surface area (TPSA) is 65.1 Å². The van der Waals surface area contributed by atoms with Gasteiger partial charge in [-0.15, -0.1) is 0 Å². The quantitative estimate of drug-likeness (QED) is 0.337. The van der Waals surface area contributed by atoms with Crippen LogP contribution >= 0.6 is 0 Å². The van der Waals surface area contributed by atoms with Crippen molar-refractivity contribution in [3.8, 4) is 5.75 Å². The van der Waals surface area contributed by atoms with Gasteiger partial charge in [-0.3, -0.25) is 9.59 Å². The molecule has 0 saturated carbocycles.